The summed E-state index contributed by atoms with van der Waals surface area (Å²) in [5.41, 5.74) is -0.158. The summed E-state index contributed by atoms with van der Waals surface area (Å²) < 4.78 is 23.4. The van der Waals surface area contributed by atoms with Gasteiger partial charge in [0.2, 0.25) is 3.79 Å². The van der Waals surface area contributed by atoms with Crippen molar-refractivity contribution in [2.45, 2.75) is 3.79 Å². The van der Waals surface area contributed by atoms with Crippen molar-refractivity contribution in [2.24, 2.45) is 0 Å². The Morgan fingerprint density at radius 3 is 2.08 bits per heavy atom. The minimum Gasteiger partial charge on any atom is -0.207 e. The minimum atomic E-state index is -1.85. The average molecular weight is 231 g/mol. The number of hydrogen-bond acceptors (Lipinski definition) is 0. The molecule has 0 atom stereocenters. The molecule has 0 amide bonds. The summed E-state index contributed by atoms with van der Waals surface area (Å²) >= 11 is 16.2. The molecule has 5 heteroatoms. The van der Waals surface area contributed by atoms with E-state index in [1.54, 1.807) is 0 Å². The van der Waals surface area contributed by atoms with Crippen LogP contribution in [-0.2, 0) is 3.79 Å². The van der Waals surface area contributed by atoms with Gasteiger partial charge < -0.3 is 0 Å². The van der Waals surface area contributed by atoms with E-state index in [9.17, 15) is 8.78 Å². The second kappa shape index (κ2) is 3.36. The lowest BCUT2D eigenvalue weighted by atomic mass is 10.2. The van der Waals surface area contributed by atoms with Gasteiger partial charge in [0.25, 0.3) is 0 Å². The van der Waals surface area contributed by atoms with Crippen LogP contribution >= 0.6 is 34.8 Å². The molecule has 0 N–H and O–H groups in total. The molecule has 1 aromatic rings. The third-order valence-electron chi connectivity index (χ3n) is 1.24. The van der Waals surface area contributed by atoms with E-state index in [1.165, 1.54) is 0 Å². The van der Waals surface area contributed by atoms with E-state index < -0.39 is 15.4 Å². The maximum Gasteiger partial charge on any atom is 0.218 e. The van der Waals surface area contributed by atoms with Crippen LogP contribution in [0, 0.1) is 11.6 Å². The third kappa shape index (κ3) is 2.22. The Labute approximate surface area is 83.0 Å². The van der Waals surface area contributed by atoms with Crippen LogP contribution in [0.3, 0.4) is 0 Å². The number of halogens is 5. The molecule has 0 aromatic heterocycles. The average Bonchev–Trinajstić information content (AvgIpc) is 1.83. The molecule has 0 radical (unpaired) electrons. The lowest BCUT2D eigenvalue weighted by Gasteiger charge is -2.11. The van der Waals surface area contributed by atoms with Gasteiger partial charge in [-0.15, -0.1) is 0 Å². The topological polar surface area (TPSA) is 0 Å². The Morgan fingerprint density at radius 2 is 1.67 bits per heavy atom. The van der Waals surface area contributed by atoms with Crippen LogP contribution in [0.5, 0.6) is 0 Å². The zero-order valence-corrected chi connectivity index (χ0v) is 7.89. The van der Waals surface area contributed by atoms with Gasteiger partial charge in [-0.3, -0.25) is 0 Å². The van der Waals surface area contributed by atoms with Crippen molar-refractivity contribution in [1.82, 2.24) is 0 Å². The van der Waals surface area contributed by atoms with Crippen LogP contribution in [0.2, 0.25) is 0 Å². The SMILES string of the molecule is Fc1ccc(C(Cl)(Cl)Cl)c(F)c1. The van der Waals surface area contributed by atoms with Crippen molar-refractivity contribution in [3.05, 3.63) is 35.4 Å². The number of benzene rings is 1. The first kappa shape index (κ1) is 10.0. The molecule has 66 valence electrons. The van der Waals surface area contributed by atoms with Crippen LogP contribution in [-0.4, -0.2) is 0 Å². The second-order valence-electron chi connectivity index (χ2n) is 2.12. The van der Waals surface area contributed by atoms with E-state index >= 15 is 0 Å². The summed E-state index contributed by atoms with van der Waals surface area (Å²) in [4.78, 5) is 0. The summed E-state index contributed by atoms with van der Waals surface area (Å²) in [6.45, 7) is 0. The van der Waals surface area contributed by atoms with Crippen molar-refractivity contribution in [3.63, 3.8) is 0 Å². The third-order valence-corrected chi connectivity index (χ3v) is 1.85. The van der Waals surface area contributed by atoms with E-state index in [0.717, 1.165) is 12.1 Å². The molecule has 0 aliphatic heterocycles. The van der Waals surface area contributed by atoms with Gasteiger partial charge in [0, 0.05) is 11.6 Å². The van der Waals surface area contributed by atoms with Gasteiger partial charge in [-0.2, -0.15) is 0 Å². The Kier molecular flexibility index (Phi) is 2.81. The zero-order chi connectivity index (χ0) is 9.35. The van der Waals surface area contributed by atoms with Gasteiger partial charge in [-0.1, -0.05) is 34.8 Å². The molecule has 0 aliphatic carbocycles. The first-order valence-corrected chi connectivity index (χ1v) is 4.07. The quantitative estimate of drug-likeness (QED) is 0.596. The van der Waals surface area contributed by atoms with Crippen molar-refractivity contribution in [2.75, 3.05) is 0 Å². The highest BCUT2D eigenvalue weighted by molar-refractivity contribution is 6.66. The predicted octanol–water partition coefficient (Wildman–Crippen LogP) is 3.79. The molecule has 0 saturated carbocycles. The fourth-order valence-corrected chi connectivity index (χ4v) is 1.18. The maximum atomic E-state index is 12.9. The van der Waals surface area contributed by atoms with Gasteiger partial charge in [0.15, 0.2) is 0 Å². The summed E-state index contributed by atoms with van der Waals surface area (Å²) in [5, 5.41) is 0. The van der Waals surface area contributed by atoms with E-state index in [2.05, 4.69) is 0 Å². The lowest BCUT2D eigenvalue weighted by Crippen LogP contribution is -2.03. The number of hydrogen-bond donors (Lipinski definition) is 0. The molecule has 0 bridgehead atoms. The van der Waals surface area contributed by atoms with E-state index in [-0.39, 0.29) is 5.56 Å². The van der Waals surface area contributed by atoms with Crippen molar-refractivity contribution in [1.29, 1.82) is 0 Å². The number of alkyl halides is 3. The number of rotatable bonds is 0. The van der Waals surface area contributed by atoms with E-state index in [4.69, 9.17) is 34.8 Å². The summed E-state index contributed by atoms with van der Waals surface area (Å²) in [6.07, 6.45) is 0. The molecule has 0 heterocycles. The van der Waals surface area contributed by atoms with Crippen LogP contribution in [0.1, 0.15) is 5.56 Å². The molecular formula is C7H3Cl3F2. The van der Waals surface area contributed by atoms with Gasteiger partial charge in [-0.05, 0) is 12.1 Å². The smallest absolute Gasteiger partial charge is 0.207 e. The highest BCUT2D eigenvalue weighted by Crippen LogP contribution is 2.39. The molecular weight excluding hydrogens is 228 g/mol. The monoisotopic (exact) mass is 230 g/mol. The van der Waals surface area contributed by atoms with Crippen molar-refractivity contribution in [3.8, 4) is 0 Å². The van der Waals surface area contributed by atoms with E-state index in [1.807, 2.05) is 0 Å². The highest BCUT2D eigenvalue weighted by atomic mass is 35.6. The van der Waals surface area contributed by atoms with Crippen LogP contribution in [0.4, 0.5) is 8.78 Å². The fraction of sp³-hybridized carbons (Fsp3) is 0.143. The first-order chi connectivity index (χ1) is 5.41. The van der Waals surface area contributed by atoms with Crippen molar-refractivity contribution >= 4 is 34.8 Å². The molecule has 0 nitrogen and oxygen atoms in total. The van der Waals surface area contributed by atoms with Gasteiger partial charge in [-0.25, -0.2) is 8.78 Å². The maximum absolute atomic E-state index is 12.9. The first-order valence-electron chi connectivity index (χ1n) is 2.93. The lowest BCUT2D eigenvalue weighted by molar-refractivity contribution is 0.574. The largest absolute Gasteiger partial charge is 0.218 e. The normalized spacial score (nSPS) is 11.8. The van der Waals surface area contributed by atoms with Gasteiger partial charge in [0.1, 0.15) is 11.6 Å². The zero-order valence-electron chi connectivity index (χ0n) is 5.62. The second-order valence-corrected chi connectivity index (χ2v) is 4.40. The fourth-order valence-electron chi connectivity index (χ4n) is 0.719. The van der Waals surface area contributed by atoms with E-state index in [0.29, 0.717) is 6.07 Å². The molecule has 0 aliphatic rings. The van der Waals surface area contributed by atoms with Gasteiger partial charge >= 0.3 is 0 Å². The Bertz CT molecular complexity index is 293. The summed E-state index contributed by atoms with van der Waals surface area (Å²) in [7, 11) is 0. The molecule has 0 saturated heterocycles. The molecule has 0 spiro atoms. The Morgan fingerprint density at radius 1 is 1.08 bits per heavy atom. The minimum absolute atomic E-state index is 0.158. The van der Waals surface area contributed by atoms with Crippen LogP contribution in [0.25, 0.3) is 0 Å². The van der Waals surface area contributed by atoms with Crippen molar-refractivity contribution < 1.29 is 8.78 Å². The summed E-state index contributed by atoms with van der Waals surface area (Å²) in [6, 6.07) is 2.79. The predicted molar refractivity (Wildman–Crippen MR) is 45.6 cm³/mol. The van der Waals surface area contributed by atoms with Crippen LogP contribution in [0.15, 0.2) is 18.2 Å². The summed E-state index contributed by atoms with van der Waals surface area (Å²) in [5.74, 6) is -1.57. The van der Waals surface area contributed by atoms with Crippen LogP contribution < -0.4 is 0 Å². The molecule has 12 heavy (non-hydrogen) atoms. The molecule has 1 aromatic carbocycles. The molecule has 1 rings (SSSR count). The Hall–Kier alpha value is -0.0500. The highest BCUT2D eigenvalue weighted by Gasteiger charge is 2.26. The molecule has 0 fully saturated rings. The van der Waals surface area contributed by atoms with Gasteiger partial charge in [0.05, 0.1) is 0 Å². The standard InChI is InChI=1S/C7H3Cl3F2/c8-7(9,10)5-2-1-4(11)3-6(5)12/h1-3H. The molecule has 0 unspecified atom stereocenters. The Balaban J connectivity index is 3.19.